The Morgan fingerprint density at radius 3 is 2.07 bits per heavy atom. The third kappa shape index (κ3) is 6.81. The van der Waals surface area contributed by atoms with Gasteiger partial charge in [-0.2, -0.15) is 0 Å². The second kappa shape index (κ2) is 10.1. The summed E-state index contributed by atoms with van der Waals surface area (Å²) in [5.41, 5.74) is 4.49. The average molecular weight is 387 g/mol. The van der Waals surface area contributed by atoms with E-state index in [0.29, 0.717) is 24.2 Å². The Labute approximate surface area is 171 Å². The van der Waals surface area contributed by atoms with Crippen LogP contribution in [0.25, 0.3) is 0 Å². The van der Waals surface area contributed by atoms with E-state index in [0.717, 1.165) is 11.3 Å². The van der Waals surface area contributed by atoms with Crippen LogP contribution in [0.5, 0.6) is 0 Å². The number of anilines is 3. The Hall–Kier alpha value is -3.60. The summed E-state index contributed by atoms with van der Waals surface area (Å²) in [5.74, 6) is -0.212. The van der Waals surface area contributed by atoms with Gasteiger partial charge in [0.1, 0.15) is 0 Å². The predicted molar refractivity (Wildman–Crippen MR) is 118 cm³/mol. The topological polar surface area (TPSA) is 70.2 Å². The van der Waals surface area contributed by atoms with Gasteiger partial charge >= 0.3 is 0 Å². The van der Waals surface area contributed by atoms with E-state index in [1.807, 2.05) is 61.5 Å². The number of nitrogens with one attached hydrogen (secondary N) is 3. The van der Waals surface area contributed by atoms with Gasteiger partial charge in [0, 0.05) is 23.5 Å². The second-order valence-corrected chi connectivity index (χ2v) is 6.88. The lowest BCUT2D eigenvalue weighted by Gasteiger charge is -2.10. The Kier molecular flexibility index (Phi) is 7.00. The van der Waals surface area contributed by atoms with Crippen molar-refractivity contribution in [3.63, 3.8) is 0 Å². The molecule has 5 heteroatoms. The van der Waals surface area contributed by atoms with Gasteiger partial charge in [0.2, 0.25) is 11.8 Å². The maximum atomic E-state index is 12.2. The lowest BCUT2D eigenvalue weighted by Crippen LogP contribution is -2.21. The van der Waals surface area contributed by atoms with Crippen molar-refractivity contribution in [1.29, 1.82) is 0 Å². The monoisotopic (exact) mass is 387 g/mol. The third-order valence-electron chi connectivity index (χ3n) is 4.42. The summed E-state index contributed by atoms with van der Waals surface area (Å²) >= 11 is 0. The number of carbonyl (C=O) groups is 2. The van der Waals surface area contributed by atoms with Crippen LogP contribution in [-0.4, -0.2) is 18.4 Å². The van der Waals surface area contributed by atoms with E-state index in [-0.39, 0.29) is 18.4 Å². The molecule has 0 unspecified atom stereocenters. The van der Waals surface area contributed by atoms with Gasteiger partial charge in [-0.05, 0) is 49.2 Å². The molecule has 0 saturated heterocycles. The highest BCUT2D eigenvalue weighted by Crippen LogP contribution is 2.16. The van der Waals surface area contributed by atoms with Crippen molar-refractivity contribution in [3.05, 3.63) is 90.0 Å². The van der Waals surface area contributed by atoms with Gasteiger partial charge in [0.25, 0.3) is 0 Å². The van der Waals surface area contributed by atoms with Crippen molar-refractivity contribution in [1.82, 2.24) is 0 Å². The fourth-order valence-electron chi connectivity index (χ4n) is 2.86. The fourth-order valence-corrected chi connectivity index (χ4v) is 2.86. The van der Waals surface area contributed by atoms with Crippen LogP contribution in [0.1, 0.15) is 17.5 Å². The lowest BCUT2D eigenvalue weighted by atomic mass is 10.1. The molecule has 0 aliphatic heterocycles. The number of hydrogen-bond donors (Lipinski definition) is 3. The molecule has 29 heavy (non-hydrogen) atoms. The van der Waals surface area contributed by atoms with E-state index in [2.05, 4.69) is 16.0 Å². The summed E-state index contributed by atoms with van der Waals surface area (Å²) < 4.78 is 0. The first-order valence-electron chi connectivity index (χ1n) is 9.63. The minimum atomic E-state index is -0.155. The highest BCUT2D eigenvalue weighted by molar-refractivity contribution is 5.95. The summed E-state index contributed by atoms with van der Waals surface area (Å²) in [4.78, 5) is 24.4. The van der Waals surface area contributed by atoms with E-state index < -0.39 is 0 Å². The first-order chi connectivity index (χ1) is 14.1. The van der Waals surface area contributed by atoms with Crippen LogP contribution >= 0.6 is 0 Å². The van der Waals surface area contributed by atoms with Gasteiger partial charge in [-0.15, -0.1) is 0 Å². The molecular formula is C24H25N3O2. The molecule has 0 atom stereocenters. The molecular weight excluding hydrogens is 362 g/mol. The van der Waals surface area contributed by atoms with Crippen molar-refractivity contribution in [2.24, 2.45) is 0 Å². The molecule has 0 aliphatic carbocycles. The summed E-state index contributed by atoms with van der Waals surface area (Å²) in [5, 5.41) is 8.81. The lowest BCUT2D eigenvalue weighted by molar-refractivity contribution is -0.116. The van der Waals surface area contributed by atoms with Crippen molar-refractivity contribution in [2.75, 3.05) is 22.5 Å². The van der Waals surface area contributed by atoms with Crippen LogP contribution < -0.4 is 16.0 Å². The SMILES string of the molecule is Cc1ccc(NCC(=O)Nc2cccc(NC(=O)CCc3ccccc3)c2)cc1. The van der Waals surface area contributed by atoms with Crippen LogP contribution in [0.2, 0.25) is 0 Å². The summed E-state index contributed by atoms with van der Waals surface area (Å²) in [6.07, 6.45) is 1.09. The predicted octanol–water partition coefficient (Wildman–Crippen LogP) is 4.62. The van der Waals surface area contributed by atoms with Gasteiger partial charge in [-0.1, -0.05) is 54.1 Å². The molecule has 0 spiro atoms. The molecule has 3 aromatic rings. The quantitative estimate of drug-likeness (QED) is 0.528. The molecule has 0 heterocycles. The Morgan fingerprint density at radius 2 is 1.38 bits per heavy atom. The molecule has 0 saturated carbocycles. The highest BCUT2D eigenvalue weighted by atomic mass is 16.2. The summed E-state index contributed by atoms with van der Waals surface area (Å²) in [6, 6.07) is 24.9. The van der Waals surface area contributed by atoms with Gasteiger partial charge in [-0.3, -0.25) is 9.59 Å². The van der Waals surface area contributed by atoms with Gasteiger partial charge in [-0.25, -0.2) is 0 Å². The zero-order valence-electron chi connectivity index (χ0n) is 16.4. The van der Waals surface area contributed by atoms with E-state index in [4.69, 9.17) is 0 Å². The highest BCUT2D eigenvalue weighted by Gasteiger charge is 2.06. The summed E-state index contributed by atoms with van der Waals surface area (Å²) in [7, 11) is 0. The molecule has 0 bridgehead atoms. The molecule has 0 aliphatic rings. The van der Waals surface area contributed by atoms with Crippen LogP contribution in [0.4, 0.5) is 17.1 Å². The van der Waals surface area contributed by atoms with Crippen LogP contribution in [0.15, 0.2) is 78.9 Å². The van der Waals surface area contributed by atoms with E-state index >= 15 is 0 Å². The van der Waals surface area contributed by atoms with Crippen molar-refractivity contribution in [3.8, 4) is 0 Å². The average Bonchev–Trinajstić information content (AvgIpc) is 2.73. The van der Waals surface area contributed by atoms with Crippen LogP contribution in [0, 0.1) is 6.92 Å². The first-order valence-corrected chi connectivity index (χ1v) is 9.63. The fraction of sp³-hybridized carbons (Fsp3) is 0.167. The first kappa shape index (κ1) is 20.1. The van der Waals surface area contributed by atoms with Gasteiger partial charge in [0.15, 0.2) is 0 Å². The Balaban J connectivity index is 1.47. The summed E-state index contributed by atoms with van der Waals surface area (Å²) in [6.45, 7) is 2.18. The molecule has 3 aromatic carbocycles. The zero-order valence-corrected chi connectivity index (χ0v) is 16.4. The molecule has 5 nitrogen and oxygen atoms in total. The maximum absolute atomic E-state index is 12.2. The van der Waals surface area contributed by atoms with Crippen LogP contribution in [0.3, 0.4) is 0 Å². The molecule has 3 rings (SSSR count). The third-order valence-corrected chi connectivity index (χ3v) is 4.42. The molecule has 0 radical (unpaired) electrons. The second-order valence-electron chi connectivity index (χ2n) is 6.88. The number of hydrogen-bond acceptors (Lipinski definition) is 3. The standard InChI is InChI=1S/C24H25N3O2/c1-18-10-13-20(14-11-18)25-17-24(29)27-22-9-5-8-21(16-22)26-23(28)15-12-19-6-3-2-4-7-19/h2-11,13-14,16,25H,12,15,17H2,1H3,(H,26,28)(H,27,29). The number of benzene rings is 3. The Morgan fingerprint density at radius 1 is 0.724 bits per heavy atom. The normalized spacial score (nSPS) is 10.2. The number of amides is 2. The number of rotatable bonds is 8. The van der Waals surface area contributed by atoms with E-state index in [1.165, 1.54) is 5.56 Å². The maximum Gasteiger partial charge on any atom is 0.243 e. The molecule has 2 amide bonds. The minimum Gasteiger partial charge on any atom is -0.376 e. The molecule has 148 valence electrons. The number of aryl methyl sites for hydroxylation is 2. The van der Waals surface area contributed by atoms with Crippen LogP contribution in [-0.2, 0) is 16.0 Å². The largest absolute Gasteiger partial charge is 0.376 e. The van der Waals surface area contributed by atoms with Crippen molar-refractivity contribution in [2.45, 2.75) is 19.8 Å². The van der Waals surface area contributed by atoms with E-state index in [9.17, 15) is 9.59 Å². The van der Waals surface area contributed by atoms with E-state index in [1.54, 1.807) is 24.3 Å². The molecule has 0 aromatic heterocycles. The number of carbonyl (C=O) groups excluding carboxylic acids is 2. The molecule has 0 fully saturated rings. The van der Waals surface area contributed by atoms with Gasteiger partial charge in [0.05, 0.1) is 6.54 Å². The smallest absolute Gasteiger partial charge is 0.243 e. The van der Waals surface area contributed by atoms with Crippen molar-refractivity contribution >= 4 is 28.9 Å². The minimum absolute atomic E-state index is 0.0571. The zero-order chi connectivity index (χ0) is 20.5. The molecule has 3 N–H and O–H groups in total. The van der Waals surface area contributed by atoms with Crippen molar-refractivity contribution < 1.29 is 9.59 Å². The Bertz CT molecular complexity index is 953. The van der Waals surface area contributed by atoms with Gasteiger partial charge < -0.3 is 16.0 Å².